The number of nitrogens with zero attached hydrogens (tertiary/aromatic N) is 1. The van der Waals surface area contributed by atoms with Crippen LogP contribution in [0.2, 0.25) is 0 Å². The zero-order valence-corrected chi connectivity index (χ0v) is 12.0. The van der Waals surface area contributed by atoms with Gasteiger partial charge >= 0.3 is 6.03 Å². The number of hydrogen-bond donors (Lipinski definition) is 2. The molecule has 0 aliphatic heterocycles. The molecule has 0 radical (unpaired) electrons. The Morgan fingerprint density at radius 1 is 1.48 bits per heavy atom. The molecule has 0 aromatic heterocycles. The number of nitrogens with one attached hydrogen (secondary N) is 1. The molecule has 3 amide bonds. The Balaban J connectivity index is 1.96. The summed E-state index contributed by atoms with van der Waals surface area (Å²) >= 11 is 0. The highest BCUT2D eigenvalue weighted by Gasteiger charge is 2.34. The predicted molar refractivity (Wildman–Crippen MR) is 77.0 cm³/mol. The minimum atomic E-state index is -0.711. The molecular weight excluding hydrogens is 273 g/mol. The molecule has 114 valence electrons. The average molecular weight is 293 g/mol. The van der Waals surface area contributed by atoms with Crippen LogP contribution in [0.5, 0.6) is 0 Å². The van der Waals surface area contributed by atoms with Crippen LogP contribution in [0.4, 0.5) is 9.18 Å². The zero-order valence-electron chi connectivity index (χ0n) is 12.0. The molecule has 0 spiro atoms. The topological polar surface area (TPSA) is 75.4 Å². The smallest absolute Gasteiger partial charge is 0.312 e. The van der Waals surface area contributed by atoms with Crippen LogP contribution >= 0.6 is 0 Å². The Kier molecular flexibility index (Phi) is 4.77. The van der Waals surface area contributed by atoms with Crippen LogP contribution in [0.3, 0.4) is 0 Å². The number of nitrogens with two attached hydrogens (primary N) is 1. The maximum Gasteiger partial charge on any atom is 0.312 e. The average Bonchev–Trinajstić information content (AvgIpc) is 3.22. The van der Waals surface area contributed by atoms with Crippen LogP contribution in [0.15, 0.2) is 24.3 Å². The number of hydrogen-bond acceptors (Lipinski definition) is 2. The van der Waals surface area contributed by atoms with Gasteiger partial charge in [-0.25, -0.2) is 9.18 Å². The number of benzene rings is 1. The molecule has 1 saturated carbocycles. The highest BCUT2D eigenvalue weighted by atomic mass is 19.1. The molecule has 1 aliphatic carbocycles. The van der Waals surface area contributed by atoms with Crippen molar-refractivity contribution in [2.45, 2.75) is 38.3 Å². The number of carbonyl (C=O) groups is 2. The first kappa shape index (κ1) is 15.3. The maximum atomic E-state index is 13.2. The molecule has 1 aromatic rings. The summed E-state index contributed by atoms with van der Waals surface area (Å²) in [4.78, 5) is 24.9. The van der Waals surface area contributed by atoms with Gasteiger partial charge in [-0.2, -0.15) is 0 Å². The summed E-state index contributed by atoms with van der Waals surface area (Å²) in [5, 5.41) is 2.40. The molecule has 1 unspecified atom stereocenters. The molecule has 0 saturated heterocycles. The predicted octanol–water partition coefficient (Wildman–Crippen LogP) is 1.42. The van der Waals surface area contributed by atoms with E-state index in [-0.39, 0.29) is 17.8 Å². The van der Waals surface area contributed by atoms with Gasteiger partial charge in [-0.3, -0.25) is 4.79 Å². The number of amides is 3. The van der Waals surface area contributed by atoms with Gasteiger partial charge < -0.3 is 16.0 Å². The lowest BCUT2D eigenvalue weighted by Crippen LogP contribution is -2.49. The van der Waals surface area contributed by atoms with E-state index in [1.54, 1.807) is 17.9 Å². The molecule has 1 atom stereocenters. The van der Waals surface area contributed by atoms with E-state index in [1.807, 2.05) is 6.07 Å². The number of rotatable bonds is 6. The summed E-state index contributed by atoms with van der Waals surface area (Å²) in [6, 6.07) is 5.23. The van der Waals surface area contributed by atoms with Crippen molar-refractivity contribution >= 4 is 11.9 Å². The van der Waals surface area contributed by atoms with E-state index < -0.39 is 12.1 Å². The van der Waals surface area contributed by atoms with Crippen molar-refractivity contribution < 1.29 is 14.0 Å². The summed E-state index contributed by atoms with van der Waals surface area (Å²) in [5.41, 5.74) is 5.89. The molecule has 1 fully saturated rings. The van der Waals surface area contributed by atoms with E-state index in [9.17, 15) is 14.0 Å². The largest absolute Gasteiger partial charge is 0.352 e. The standard InChI is InChI=1S/C15H20FN3O2/c1-10(18-15(17)21)14(20)19(13-5-6-13)8-7-11-3-2-4-12(16)9-11/h2-4,9-10,13H,5-8H2,1H3,(H3,17,18,21). The first-order chi connectivity index (χ1) is 9.97. The summed E-state index contributed by atoms with van der Waals surface area (Å²) in [5.74, 6) is -0.423. The zero-order chi connectivity index (χ0) is 15.4. The van der Waals surface area contributed by atoms with E-state index in [4.69, 9.17) is 5.73 Å². The van der Waals surface area contributed by atoms with Gasteiger partial charge in [0.15, 0.2) is 0 Å². The molecule has 0 bridgehead atoms. The Labute approximate surface area is 123 Å². The summed E-state index contributed by atoms with van der Waals surface area (Å²) in [6.07, 6.45) is 2.53. The van der Waals surface area contributed by atoms with Crippen LogP contribution in [-0.2, 0) is 11.2 Å². The van der Waals surface area contributed by atoms with Gasteiger partial charge in [-0.05, 0) is 43.9 Å². The molecular formula is C15H20FN3O2. The molecule has 1 aliphatic rings. The van der Waals surface area contributed by atoms with Crippen LogP contribution in [0.1, 0.15) is 25.3 Å². The monoisotopic (exact) mass is 293 g/mol. The molecule has 5 nitrogen and oxygen atoms in total. The number of carbonyl (C=O) groups excluding carboxylic acids is 2. The van der Waals surface area contributed by atoms with Crippen LogP contribution < -0.4 is 11.1 Å². The van der Waals surface area contributed by atoms with Crippen LogP contribution in [-0.4, -0.2) is 35.5 Å². The van der Waals surface area contributed by atoms with Gasteiger partial charge in [0.2, 0.25) is 5.91 Å². The lowest BCUT2D eigenvalue weighted by Gasteiger charge is -2.26. The maximum absolute atomic E-state index is 13.2. The Hall–Kier alpha value is -2.11. The third-order valence-corrected chi connectivity index (χ3v) is 3.53. The van der Waals surface area contributed by atoms with Crippen molar-refractivity contribution in [1.82, 2.24) is 10.2 Å². The van der Waals surface area contributed by atoms with Crippen molar-refractivity contribution in [3.8, 4) is 0 Å². The van der Waals surface area contributed by atoms with Gasteiger partial charge in [0.05, 0.1) is 0 Å². The lowest BCUT2D eigenvalue weighted by molar-refractivity contribution is -0.133. The summed E-state index contributed by atoms with van der Waals surface area (Å²) in [6.45, 7) is 2.13. The van der Waals surface area contributed by atoms with Crippen molar-refractivity contribution in [1.29, 1.82) is 0 Å². The fourth-order valence-electron chi connectivity index (χ4n) is 2.32. The van der Waals surface area contributed by atoms with Gasteiger partial charge in [0, 0.05) is 12.6 Å². The van der Waals surface area contributed by atoms with Crippen molar-refractivity contribution in [2.75, 3.05) is 6.54 Å². The second-order valence-electron chi connectivity index (χ2n) is 5.37. The number of primary amides is 1. The lowest BCUT2D eigenvalue weighted by atomic mass is 10.1. The van der Waals surface area contributed by atoms with Crippen LogP contribution in [0, 0.1) is 5.82 Å². The number of halogens is 1. The molecule has 6 heteroatoms. The first-order valence-electron chi connectivity index (χ1n) is 7.08. The quantitative estimate of drug-likeness (QED) is 0.832. The van der Waals surface area contributed by atoms with Gasteiger partial charge in [0.25, 0.3) is 0 Å². The van der Waals surface area contributed by atoms with E-state index >= 15 is 0 Å². The molecule has 2 rings (SSSR count). The summed E-state index contributed by atoms with van der Waals surface area (Å²) < 4.78 is 13.2. The van der Waals surface area contributed by atoms with Gasteiger partial charge in [-0.15, -0.1) is 0 Å². The first-order valence-corrected chi connectivity index (χ1v) is 7.08. The minimum Gasteiger partial charge on any atom is -0.352 e. The third-order valence-electron chi connectivity index (χ3n) is 3.53. The molecule has 21 heavy (non-hydrogen) atoms. The van der Waals surface area contributed by atoms with E-state index in [0.717, 1.165) is 18.4 Å². The second-order valence-corrected chi connectivity index (χ2v) is 5.37. The van der Waals surface area contributed by atoms with Crippen molar-refractivity contribution in [3.05, 3.63) is 35.6 Å². The van der Waals surface area contributed by atoms with E-state index in [0.29, 0.717) is 13.0 Å². The van der Waals surface area contributed by atoms with Crippen LogP contribution in [0.25, 0.3) is 0 Å². The Bertz CT molecular complexity index is 531. The normalized spacial score (nSPS) is 15.3. The number of urea groups is 1. The highest BCUT2D eigenvalue weighted by molar-refractivity contribution is 5.86. The summed E-state index contributed by atoms with van der Waals surface area (Å²) in [7, 11) is 0. The SMILES string of the molecule is CC(NC(N)=O)C(=O)N(CCc1cccc(F)c1)C1CC1. The second kappa shape index (κ2) is 6.56. The third kappa shape index (κ3) is 4.44. The fraction of sp³-hybridized carbons (Fsp3) is 0.467. The van der Waals surface area contributed by atoms with E-state index in [1.165, 1.54) is 12.1 Å². The Morgan fingerprint density at radius 2 is 2.19 bits per heavy atom. The molecule has 0 heterocycles. The molecule has 1 aromatic carbocycles. The van der Waals surface area contributed by atoms with Gasteiger partial charge in [-0.1, -0.05) is 12.1 Å². The highest BCUT2D eigenvalue weighted by Crippen LogP contribution is 2.27. The van der Waals surface area contributed by atoms with Crippen molar-refractivity contribution in [2.24, 2.45) is 5.73 Å². The van der Waals surface area contributed by atoms with Gasteiger partial charge in [0.1, 0.15) is 11.9 Å². The minimum absolute atomic E-state index is 0.146. The Morgan fingerprint density at radius 3 is 2.76 bits per heavy atom. The van der Waals surface area contributed by atoms with E-state index in [2.05, 4.69) is 5.32 Å². The molecule has 3 N–H and O–H groups in total. The van der Waals surface area contributed by atoms with Crippen molar-refractivity contribution in [3.63, 3.8) is 0 Å². The fourth-order valence-corrected chi connectivity index (χ4v) is 2.32.